The molecule has 0 radical (unpaired) electrons. The second-order valence-corrected chi connectivity index (χ2v) is 3.31. The van der Waals surface area contributed by atoms with E-state index in [0.29, 0.717) is 0 Å². The molecule has 0 spiro atoms. The van der Waals surface area contributed by atoms with Crippen LogP contribution in [0.3, 0.4) is 0 Å². The third-order valence-electron chi connectivity index (χ3n) is 1.99. The molecule has 86 valence electrons. The maximum Gasteiger partial charge on any atom is 0.221 e. The number of carbonyl (C=O) groups excluding carboxylic acids is 2. The highest BCUT2D eigenvalue weighted by atomic mass is 19.1. The van der Waals surface area contributed by atoms with Gasteiger partial charge in [0.2, 0.25) is 5.91 Å². The number of rotatable bonds is 4. The van der Waals surface area contributed by atoms with Gasteiger partial charge in [-0.15, -0.1) is 0 Å². The number of amides is 1. The van der Waals surface area contributed by atoms with Crippen molar-refractivity contribution < 1.29 is 14.0 Å². The molecule has 5 heteroatoms. The number of hydrogen-bond acceptors (Lipinski definition) is 3. The van der Waals surface area contributed by atoms with Gasteiger partial charge in [0.15, 0.2) is 5.78 Å². The number of para-hydroxylation sites is 1. The number of nitrogens with one attached hydrogen (secondary N) is 1. The first kappa shape index (κ1) is 12.3. The molecule has 0 heterocycles. The van der Waals surface area contributed by atoms with Crippen molar-refractivity contribution >= 4 is 17.4 Å². The average molecular weight is 224 g/mol. The molecule has 0 saturated heterocycles. The van der Waals surface area contributed by atoms with Crippen LogP contribution in [0, 0.1) is 5.82 Å². The lowest BCUT2D eigenvalue weighted by Gasteiger charge is -2.09. The highest BCUT2D eigenvalue weighted by Gasteiger charge is 2.15. The molecule has 1 amide bonds. The van der Waals surface area contributed by atoms with E-state index in [4.69, 9.17) is 5.73 Å². The Morgan fingerprint density at radius 2 is 2.12 bits per heavy atom. The summed E-state index contributed by atoms with van der Waals surface area (Å²) < 4.78 is 13.4. The van der Waals surface area contributed by atoms with E-state index in [9.17, 15) is 14.0 Å². The standard InChI is InChI=1S/C11H13FN2O2/c1-7(15)14-11-8(10(16)5-6-13)3-2-4-9(11)12/h2-4H,5-6,13H2,1H3,(H,14,15). The van der Waals surface area contributed by atoms with E-state index < -0.39 is 11.7 Å². The maximum absolute atomic E-state index is 13.4. The van der Waals surface area contributed by atoms with Gasteiger partial charge in [-0.2, -0.15) is 0 Å². The lowest BCUT2D eigenvalue weighted by Crippen LogP contribution is -2.14. The second-order valence-electron chi connectivity index (χ2n) is 3.31. The van der Waals surface area contributed by atoms with Gasteiger partial charge in [-0.25, -0.2) is 4.39 Å². The maximum atomic E-state index is 13.4. The van der Waals surface area contributed by atoms with Crippen LogP contribution in [0.15, 0.2) is 18.2 Å². The van der Waals surface area contributed by atoms with E-state index in [1.165, 1.54) is 25.1 Å². The van der Waals surface area contributed by atoms with E-state index in [2.05, 4.69) is 5.32 Å². The molecule has 0 aromatic heterocycles. The predicted octanol–water partition coefficient (Wildman–Crippen LogP) is 1.32. The fourth-order valence-corrected chi connectivity index (χ4v) is 1.33. The van der Waals surface area contributed by atoms with Crippen molar-refractivity contribution in [2.24, 2.45) is 5.73 Å². The van der Waals surface area contributed by atoms with Crippen molar-refractivity contribution in [3.63, 3.8) is 0 Å². The summed E-state index contributed by atoms with van der Waals surface area (Å²) >= 11 is 0. The largest absolute Gasteiger partial charge is 0.330 e. The van der Waals surface area contributed by atoms with Gasteiger partial charge in [0.1, 0.15) is 5.82 Å². The minimum atomic E-state index is -0.627. The molecule has 4 nitrogen and oxygen atoms in total. The van der Waals surface area contributed by atoms with E-state index in [1.807, 2.05) is 0 Å². The van der Waals surface area contributed by atoms with Crippen LogP contribution >= 0.6 is 0 Å². The van der Waals surface area contributed by atoms with Crippen LogP contribution < -0.4 is 11.1 Å². The lowest BCUT2D eigenvalue weighted by molar-refractivity contribution is -0.114. The minimum Gasteiger partial charge on any atom is -0.330 e. The molecule has 0 aliphatic carbocycles. The number of halogens is 1. The first-order valence-electron chi connectivity index (χ1n) is 4.85. The Labute approximate surface area is 92.6 Å². The molecule has 0 saturated carbocycles. The first-order chi connectivity index (χ1) is 7.56. The zero-order chi connectivity index (χ0) is 12.1. The Hall–Kier alpha value is -1.75. The average Bonchev–Trinajstić information content (AvgIpc) is 2.20. The molecule has 1 aromatic carbocycles. The summed E-state index contributed by atoms with van der Waals surface area (Å²) in [5.41, 5.74) is 5.33. The van der Waals surface area contributed by atoms with Gasteiger partial charge in [-0.05, 0) is 18.7 Å². The predicted molar refractivity (Wildman–Crippen MR) is 58.7 cm³/mol. The molecular weight excluding hydrogens is 211 g/mol. The Balaban J connectivity index is 3.11. The molecular formula is C11H13FN2O2. The summed E-state index contributed by atoms with van der Waals surface area (Å²) in [5.74, 6) is -1.34. The number of carbonyl (C=O) groups is 2. The van der Waals surface area contributed by atoms with Gasteiger partial charge < -0.3 is 11.1 Å². The van der Waals surface area contributed by atoms with Gasteiger partial charge in [-0.1, -0.05) is 6.07 Å². The van der Waals surface area contributed by atoms with Crippen LogP contribution in [-0.4, -0.2) is 18.2 Å². The molecule has 1 rings (SSSR count). The molecule has 1 aromatic rings. The van der Waals surface area contributed by atoms with Gasteiger partial charge in [0.25, 0.3) is 0 Å². The van der Waals surface area contributed by atoms with Crippen molar-refractivity contribution in [2.75, 3.05) is 11.9 Å². The van der Waals surface area contributed by atoms with Crippen molar-refractivity contribution in [1.29, 1.82) is 0 Å². The van der Waals surface area contributed by atoms with Crippen molar-refractivity contribution in [1.82, 2.24) is 0 Å². The zero-order valence-corrected chi connectivity index (χ0v) is 8.92. The molecule has 0 aliphatic heterocycles. The number of nitrogens with two attached hydrogens (primary N) is 1. The minimum absolute atomic E-state index is 0.0755. The summed E-state index contributed by atoms with van der Waals surface area (Å²) in [7, 11) is 0. The topological polar surface area (TPSA) is 72.2 Å². The SMILES string of the molecule is CC(=O)Nc1c(F)cccc1C(=O)CCN. The fourth-order valence-electron chi connectivity index (χ4n) is 1.33. The van der Waals surface area contributed by atoms with Crippen LogP contribution in [0.25, 0.3) is 0 Å². The molecule has 0 bridgehead atoms. The molecule has 3 N–H and O–H groups in total. The number of Topliss-reactive ketones (excluding diaryl/α,β-unsaturated/α-hetero) is 1. The Kier molecular flexibility index (Phi) is 4.13. The Morgan fingerprint density at radius 3 is 2.69 bits per heavy atom. The number of ketones is 1. The van der Waals surface area contributed by atoms with Gasteiger partial charge in [0.05, 0.1) is 5.69 Å². The Morgan fingerprint density at radius 1 is 1.44 bits per heavy atom. The summed E-state index contributed by atoms with van der Waals surface area (Å²) in [6.07, 6.45) is 0.121. The van der Waals surface area contributed by atoms with Crippen LogP contribution in [-0.2, 0) is 4.79 Å². The fraction of sp³-hybridized carbons (Fsp3) is 0.273. The molecule has 0 unspecified atom stereocenters. The quantitative estimate of drug-likeness (QED) is 0.757. The Bertz CT molecular complexity index is 418. The van der Waals surface area contributed by atoms with Crippen molar-refractivity contribution in [3.05, 3.63) is 29.6 Å². The van der Waals surface area contributed by atoms with Crippen LogP contribution in [0.1, 0.15) is 23.7 Å². The summed E-state index contributed by atoms with van der Waals surface area (Å²) in [4.78, 5) is 22.5. The highest BCUT2D eigenvalue weighted by molar-refractivity contribution is 6.04. The van der Waals surface area contributed by atoms with Gasteiger partial charge in [0, 0.05) is 18.9 Å². The highest BCUT2D eigenvalue weighted by Crippen LogP contribution is 2.21. The molecule has 0 atom stereocenters. The zero-order valence-electron chi connectivity index (χ0n) is 8.92. The first-order valence-corrected chi connectivity index (χ1v) is 4.85. The molecule has 16 heavy (non-hydrogen) atoms. The second kappa shape index (κ2) is 5.37. The molecule has 0 aliphatic rings. The molecule has 0 fully saturated rings. The van der Waals surface area contributed by atoms with E-state index in [1.54, 1.807) is 0 Å². The third kappa shape index (κ3) is 2.87. The third-order valence-corrected chi connectivity index (χ3v) is 1.99. The van der Waals surface area contributed by atoms with E-state index in [-0.39, 0.29) is 30.0 Å². The number of hydrogen-bond donors (Lipinski definition) is 2. The monoisotopic (exact) mass is 224 g/mol. The number of anilines is 1. The summed E-state index contributed by atoms with van der Waals surface area (Å²) in [5, 5.41) is 2.31. The normalized spacial score (nSPS) is 9.94. The van der Waals surface area contributed by atoms with Crippen molar-refractivity contribution in [2.45, 2.75) is 13.3 Å². The van der Waals surface area contributed by atoms with E-state index >= 15 is 0 Å². The number of benzene rings is 1. The smallest absolute Gasteiger partial charge is 0.221 e. The van der Waals surface area contributed by atoms with Crippen LogP contribution in [0.4, 0.5) is 10.1 Å². The lowest BCUT2D eigenvalue weighted by atomic mass is 10.1. The van der Waals surface area contributed by atoms with Gasteiger partial charge >= 0.3 is 0 Å². The van der Waals surface area contributed by atoms with Crippen molar-refractivity contribution in [3.8, 4) is 0 Å². The van der Waals surface area contributed by atoms with E-state index in [0.717, 1.165) is 0 Å². The van der Waals surface area contributed by atoms with Gasteiger partial charge in [-0.3, -0.25) is 9.59 Å². The van der Waals surface area contributed by atoms with Crippen LogP contribution in [0.2, 0.25) is 0 Å². The van der Waals surface area contributed by atoms with Crippen LogP contribution in [0.5, 0.6) is 0 Å². The summed E-state index contributed by atoms with van der Waals surface area (Å²) in [6, 6.07) is 4.07. The summed E-state index contributed by atoms with van der Waals surface area (Å²) in [6.45, 7) is 1.44.